The van der Waals surface area contributed by atoms with Crippen LogP contribution in [0.3, 0.4) is 0 Å². The minimum Gasteiger partial charge on any atom is -0.376 e. The lowest BCUT2D eigenvalue weighted by Crippen LogP contribution is -2.42. The molecular weight excluding hydrogens is 340 g/mol. The van der Waals surface area contributed by atoms with Gasteiger partial charge < -0.3 is 10.1 Å². The number of hydrogen-bond donors (Lipinski definition) is 1. The highest BCUT2D eigenvalue weighted by Gasteiger charge is 2.22. The Labute approximate surface area is 141 Å². The summed E-state index contributed by atoms with van der Waals surface area (Å²) in [5.41, 5.74) is 0.659. The van der Waals surface area contributed by atoms with Crippen LogP contribution in [-0.4, -0.2) is 50.7 Å². The van der Waals surface area contributed by atoms with Crippen LogP contribution < -0.4 is 5.32 Å². The largest absolute Gasteiger partial charge is 0.376 e. The van der Waals surface area contributed by atoms with Crippen molar-refractivity contribution in [3.05, 3.63) is 34.9 Å². The fourth-order valence-electron chi connectivity index (χ4n) is 2.36. The molecular formula is C15H21ClN2O4S. The molecule has 0 saturated carbocycles. The standard InChI is InChI=1S/C15H21ClN2O4S/c1-23(20,21)18(10-12-5-2-3-7-14(12)16)11-15(19)17-9-13-6-4-8-22-13/h2-3,5,7,13H,4,6,8-11H2,1H3,(H,17,19)/t13-/m1/s1. The van der Waals surface area contributed by atoms with E-state index in [0.29, 0.717) is 23.7 Å². The molecule has 128 valence electrons. The van der Waals surface area contributed by atoms with Crippen molar-refractivity contribution < 1.29 is 17.9 Å². The zero-order chi connectivity index (χ0) is 16.9. The fraction of sp³-hybridized carbons (Fsp3) is 0.533. The Bertz CT molecular complexity index is 645. The van der Waals surface area contributed by atoms with Crippen LogP contribution in [-0.2, 0) is 26.1 Å². The van der Waals surface area contributed by atoms with Gasteiger partial charge in [0.1, 0.15) is 0 Å². The molecule has 1 aromatic carbocycles. The van der Waals surface area contributed by atoms with Gasteiger partial charge in [-0.1, -0.05) is 29.8 Å². The molecule has 1 aliphatic rings. The van der Waals surface area contributed by atoms with Gasteiger partial charge in [0.15, 0.2) is 0 Å². The summed E-state index contributed by atoms with van der Waals surface area (Å²) in [5.74, 6) is -0.349. The molecule has 1 aliphatic heterocycles. The molecule has 0 bridgehead atoms. The van der Waals surface area contributed by atoms with E-state index >= 15 is 0 Å². The highest BCUT2D eigenvalue weighted by molar-refractivity contribution is 7.88. The average Bonchev–Trinajstić information content (AvgIpc) is 2.99. The first-order valence-electron chi connectivity index (χ1n) is 7.43. The van der Waals surface area contributed by atoms with Crippen LogP contribution in [0, 0.1) is 0 Å². The molecule has 6 nitrogen and oxygen atoms in total. The quantitative estimate of drug-likeness (QED) is 0.797. The molecule has 8 heteroatoms. The van der Waals surface area contributed by atoms with Crippen molar-refractivity contribution in [1.82, 2.24) is 9.62 Å². The fourth-order valence-corrected chi connectivity index (χ4v) is 3.28. The van der Waals surface area contributed by atoms with Crippen molar-refractivity contribution in [2.24, 2.45) is 0 Å². The van der Waals surface area contributed by atoms with Gasteiger partial charge in [0.05, 0.1) is 18.9 Å². The molecule has 1 amide bonds. The van der Waals surface area contributed by atoms with E-state index in [0.717, 1.165) is 23.4 Å². The van der Waals surface area contributed by atoms with Crippen LogP contribution in [0.25, 0.3) is 0 Å². The summed E-state index contributed by atoms with van der Waals surface area (Å²) in [4.78, 5) is 12.0. The number of rotatable bonds is 7. The summed E-state index contributed by atoms with van der Waals surface area (Å²) in [5, 5.41) is 3.20. The minimum absolute atomic E-state index is 0.0224. The van der Waals surface area contributed by atoms with Crippen LogP contribution in [0.5, 0.6) is 0 Å². The van der Waals surface area contributed by atoms with Gasteiger partial charge in [0.25, 0.3) is 0 Å². The summed E-state index contributed by atoms with van der Waals surface area (Å²) in [7, 11) is -3.53. The zero-order valence-corrected chi connectivity index (χ0v) is 14.6. The van der Waals surface area contributed by atoms with Crippen LogP contribution in [0.15, 0.2) is 24.3 Å². The predicted octanol–water partition coefficient (Wildman–Crippen LogP) is 1.40. The van der Waals surface area contributed by atoms with E-state index in [-0.39, 0.29) is 25.1 Å². The molecule has 1 aromatic rings. The molecule has 0 aromatic heterocycles. The van der Waals surface area contributed by atoms with Crippen LogP contribution in [0.1, 0.15) is 18.4 Å². The van der Waals surface area contributed by atoms with Crippen molar-refractivity contribution >= 4 is 27.5 Å². The Morgan fingerprint density at radius 1 is 1.43 bits per heavy atom. The summed E-state index contributed by atoms with van der Waals surface area (Å²) in [6, 6.07) is 6.98. The van der Waals surface area contributed by atoms with Gasteiger partial charge in [0, 0.05) is 24.7 Å². The molecule has 0 aliphatic carbocycles. The molecule has 0 spiro atoms. The third-order valence-electron chi connectivity index (χ3n) is 3.64. The van der Waals surface area contributed by atoms with Gasteiger partial charge in [-0.25, -0.2) is 8.42 Å². The van der Waals surface area contributed by atoms with Gasteiger partial charge in [-0.15, -0.1) is 0 Å². The molecule has 1 fully saturated rings. The lowest BCUT2D eigenvalue weighted by atomic mass is 10.2. The number of amides is 1. The number of carbonyl (C=O) groups is 1. The van der Waals surface area contributed by atoms with E-state index in [2.05, 4.69) is 5.32 Å². The lowest BCUT2D eigenvalue weighted by Gasteiger charge is -2.20. The van der Waals surface area contributed by atoms with E-state index in [1.807, 2.05) is 0 Å². The number of nitrogens with one attached hydrogen (secondary N) is 1. The molecule has 1 saturated heterocycles. The predicted molar refractivity (Wildman–Crippen MR) is 88.7 cm³/mol. The second kappa shape index (κ2) is 8.10. The average molecular weight is 361 g/mol. The maximum atomic E-state index is 12.0. The first kappa shape index (κ1) is 18.2. The Hall–Kier alpha value is -1.15. The third-order valence-corrected chi connectivity index (χ3v) is 5.21. The first-order valence-corrected chi connectivity index (χ1v) is 9.65. The lowest BCUT2D eigenvalue weighted by molar-refractivity contribution is -0.121. The highest BCUT2D eigenvalue weighted by atomic mass is 35.5. The van der Waals surface area contributed by atoms with Crippen molar-refractivity contribution in [2.45, 2.75) is 25.5 Å². The number of hydrogen-bond acceptors (Lipinski definition) is 4. The smallest absolute Gasteiger partial charge is 0.235 e. The monoisotopic (exact) mass is 360 g/mol. The maximum absolute atomic E-state index is 12.0. The number of carbonyl (C=O) groups excluding carboxylic acids is 1. The summed E-state index contributed by atoms with van der Waals surface area (Å²) >= 11 is 6.06. The van der Waals surface area contributed by atoms with Gasteiger partial charge in [0.2, 0.25) is 15.9 Å². The topological polar surface area (TPSA) is 75.7 Å². The Morgan fingerprint density at radius 2 is 2.17 bits per heavy atom. The van der Waals surface area contributed by atoms with Crippen molar-refractivity contribution in [2.75, 3.05) is 26.0 Å². The summed E-state index contributed by atoms with van der Waals surface area (Å²) in [6.45, 7) is 0.938. The first-order chi connectivity index (χ1) is 10.9. The number of halogens is 1. The molecule has 0 unspecified atom stereocenters. The van der Waals surface area contributed by atoms with Crippen molar-refractivity contribution in [3.63, 3.8) is 0 Å². The van der Waals surface area contributed by atoms with E-state index < -0.39 is 10.0 Å². The Morgan fingerprint density at radius 3 is 2.78 bits per heavy atom. The SMILES string of the molecule is CS(=O)(=O)N(CC(=O)NC[C@H]1CCCO1)Cc1ccccc1Cl. The summed E-state index contributed by atoms with van der Waals surface area (Å²) in [6.07, 6.45) is 3.00. The third kappa shape index (κ3) is 5.76. The van der Waals surface area contributed by atoms with E-state index in [1.54, 1.807) is 24.3 Å². The Balaban J connectivity index is 1.95. The Kier molecular flexibility index (Phi) is 6.41. The van der Waals surface area contributed by atoms with Crippen molar-refractivity contribution in [3.8, 4) is 0 Å². The summed E-state index contributed by atoms with van der Waals surface area (Å²) < 4.78 is 30.4. The van der Waals surface area contributed by atoms with E-state index in [1.165, 1.54) is 0 Å². The minimum atomic E-state index is -3.53. The van der Waals surface area contributed by atoms with Crippen molar-refractivity contribution in [1.29, 1.82) is 0 Å². The van der Waals surface area contributed by atoms with Gasteiger partial charge in [-0.05, 0) is 24.5 Å². The second-order valence-corrected chi connectivity index (χ2v) is 7.95. The normalized spacial score (nSPS) is 18.3. The highest BCUT2D eigenvalue weighted by Crippen LogP contribution is 2.18. The molecule has 1 N–H and O–H groups in total. The second-order valence-electron chi connectivity index (χ2n) is 5.56. The molecule has 2 rings (SSSR count). The van der Waals surface area contributed by atoms with Crippen LogP contribution in [0.4, 0.5) is 0 Å². The van der Waals surface area contributed by atoms with Gasteiger partial charge in [-0.3, -0.25) is 4.79 Å². The molecule has 0 radical (unpaired) electrons. The number of benzene rings is 1. The molecule has 1 atom stereocenters. The number of nitrogens with zero attached hydrogens (tertiary/aromatic N) is 1. The zero-order valence-electron chi connectivity index (χ0n) is 13.0. The molecule has 23 heavy (non-hydrogen) atoms. The molecule has 1 heterocycles. The maximum Gasteiger partial charge on any atom is 0.235 e. The van der Waals surface area contributed by atoms with Gasteiger partial charge >= 0.3 is 0 Å². The number of ether oxygens (including phenoxy) is 1. The van der Waals surface area contributed by atoms with Gasteiger partial charge in [-0.2, -0.15) is 4.31 Å². The van der Waals surface area contributed by atoms with Crippen LogP contribution >= 0.6 is 11.6 Å². The number of sulfonamides is 1. The van der Waals surface area contributed by atoms with E-state index in [4.69, 9.17) is 16.3 Å². The van der Waals surface area contributed by atoms with Crippen LogP contribution in [0.2, 0.25) is 5.02 Å². The van der Waals surface area contributed by atoms with E-state index in [9.17, 15) is 13.2 Å².